The van der Waals surface area contributed by atoms with Gasteiger partial charge in [0.05, 0.1) is 0 Å². The van der Waals surface area contributed by atoms with Crippen molar-refractivity contribution in [2.24, 2.45) is 11.8 Å². The van der Waals surface area contributed by atoms with Gasteiger partial charge in [-0.3, -0.25) is 0 Å². The Morgan fingerprint density at radius 3 is 2.74 bits per heavy atom. The number of carbonyl (C=O) groups excluding carboxylic acids is 1. The van der Waals surface area contributed by atoms with Crippen LogP contribution in [0.3, 0.4) is 0 Å². The van der Waals surface area contributed by atoms with Crippen LogP contribution in [0.2, 0.25) is 5.15 Å². The second-order valence-corrected chi connectivity index (χ2v) is 7.90. The molecule has 1 aromatic heterocycles. The smallest absolute Gasteiger partial charge is 0.410 e. The molecule has 0 spiro atoms. The maximum atomic E-state index is 12.2. The standard InChI is InChI=1S/C18H23ClN2O2/c1-11-5-13(8-20-16(11)19)12-6-14-9-21(10-15(14)7-12)17(22)23-18(2,3)4/h5-6,8,14-15H,7,9-10H2,1-4H3/t14-,15+/m1/s1. The molecular formula is C18H23ClN2O2. The van der Waals surface area contributed by atoms with Crippen LogP contribution in [0.25, 0.3) is 5.57 Å². The molecule has 1 fully saturated rings. The second kappa shape index (κ2) is 5.82. The minimum atomic E-state index is -0.442. The van der Waals surface area contributed by atoms with Crippen molar-refractivity contribution in [3.8, 4) is 0 Å². The molecule has 0 radical (unpaired) electrons. The lowest BCUT2D eigenvalue weighted by molar-refractivity contribution is 0.0285. The maximum absolute atomic E-state index is 12.2. The Labute approximate surface area is 142 Å². The van der Waals surface area contributed by atoms with Crippen molar-refractivity contribution in [3.63, 3.8) is 0 Å². The average Bonchev–Trinajstić information content (AvgIpc) is 2.98. The molecule has 0 unspecified atom stereocenters. The summed E-state index contributed by atoms with van der Waals surface area (Å²) in [6, 6.07) is 2.09. The van der Waals surface area contributed by atoms with Crippen molar-refractivity contribution >= 4 is 23.3 Å². The van der Waals surface area contributed by atoms with Crippen LogP contribution in [0, 0.1) is 18.8 Å². The number of aryl methyl sites for hydroxylation is 1. The van der Waals surface area contributed by atoms with E-state index in [9.17, 15) is 4.79 Å². The summed E-state index contributed by atoms with van der Waals surface area (Å²) in [6.45, 7) is 9.17. The first-order valence-electron chi connectivity index (χ1n) is 8.04. The summed E-state index contributed by atoms with van der Waals surface area (Å²) in [5, 5.41) is 0.559. The maximum Gasteiger partial charge on any atom is 0.410 e. The fraction of sp³-hybridized carbons (Fsp3) is 0.556. The van der Waals surface area contributed by atoms with Crippen molar-refractivity contribution in [3.05, 3.63) is 34.6 Å². The van der Waals surface area contributed by atoms with E-state index in [0.29, 0.717) is 17.0 Å². The zero-order valence-electron chi connectivity index (χ0n) is 14.1. The van der Waals surface area contributed by atoms with Gasteiger partial charge in [0.2, 0.25) is 0 Å². The zero-order valence-corrected chi connectivity index (χ0v) is 14.9. The minimum Gasteiger partial charge on any atom is -0.444 e. The molecule has 23 heavy (non-hydrogen) atoms. The van der Waals surface area contributed by atoms with Crippen molar-refractivity contribution in [2.45, 2.75) is 39.7 Å². The predicted molar refractivity (Wildman–Crippen MR) is 91.4 cm³/mol. The van der Waals surface area contributed by atoms with Crippen LogP contribution in [-0.2, 0) is 4.74 Å². The van der Waals surface area contributed by atoms with Gasteiger partial charge in [-0.25, -0.2) is 9.78 Å². The normalized spacial score (nSPS) is 23.7. The van der Waals surface area contributed by atoms with Gasteiger partial charge in [-0.1, -0.05) is 17.7 Å². The number of rotatable bonds is 1. The van der Waals surface area contributed by atoms with Gasteiger partial charge < -0.3 is 9.64 Å². The highest BCUT2D eigenvalue weighted by Crippen LogP contribution is 2.41. The Hall–Kier alpha value is -1.55. The predicted octanol–water partition coefficient (Wildman–Crippen LogP) is 4.31. The molecular weight excluding hydrogens is 312 g/mol. The molecule has 2 atom stereocenters. The third-order valence-corrected chi connectivity index (χ3v) is 4.82. The van der Waals surface area contributed by atoms with Gasteiger partial charge in [0.15, 0.2) is 0 Å². The quantitative estimate of drug-likeness (QED) is 0.718. The van der Waals surface area contributed by atoms with Crippen molar-refractivity contribution in [2.75, 3.05) is 13.1 Å². The lowest BCUT2D eigenvalue weighted by Gasteiger charge is -2.24. The first-order chi connectivity index (χ1) is 10.7. The van der Waals surface area contributed by atoms with Crippen molar-refractivity contribution in [1.29, 1.82) is 0 Å². The number of aromatic nitrogens is 1. The number of carbonyl (C=O) groups is 1. The number of nitrogens with zero attached hydrogens (tertiary/aromatic N) is 2. The van der Waals surface area contributed by atoms with E-state index in [1.54, 1.807) is 0 Å². The van der Waals surface area contributed by atoms with E-state index in [4.69, 9.17) is 16.3 Å². The van der Waals surface area contributed by atoms with Crippen LogP contribution in [0.5, 0.6) is 0 Å². The molecule has 1 aliphatic heterocycles. The molecule has 2 aliphatic rings. The van der Waals surface area contributed by atoms with Gasteiger partial charge in [-0.05, 0) is 68.7 Å². The summed E-state index contributed by atoms with van der Waals surface area (Å²) in [5.41, 5.74) is 3.01. The third-order valence-electron chi connectivity index (χ3n) is 4.43. The van der Waals surface area contributed by atoms with Gasteiger partial charge >= 0.3 is 6.09 Å². The lowest BCUT2D eigenvalue weighted by atomic mass is 9.98. The summed E-state index contributed by atoms with van der Waals surface area (Å²) in [6.07, 6.45) is 4.91. The number of ether oxygens (including phenoxy) is 1. The monoisotopic (exact) mass is 334 g/mol. The summed E-state index contributed by atoms with van der Waals surface area (Å²) in [4.78, 5) is 18.3. The number of likely N-dealkylation sites (tertiary alicyclic amines) is 1. The number of fused-ring (bicyclic) bond motifs is 1. The molecule has 4 nitrogen and oxygen atoms in total. The van der Waals surface area contributed by atoms with Gasteiger partial charge in [-0.2, -0.15) is 0 Å². The highest BCUT2D eigenvalue weighted by molar-refractivity contribution is 6.30. The fourth-order valence-corrected chi connectivity index (χ4v) is 3.44. The van der Waals surface area contributed by atoms with Crippen molar-refractivity contribution in [1.82, 2.24) is 9.88 Å². The molecule has 1 aliphatic carbocycles. The van der Waals surface area contributed by atoms with Crippen molar-refractivity contribution < 1.29 is 9.53 Å². The third kappa shape index (κ3) is 3.52. The van der Waals surface area contributed by atoms with Gasteiger partial charge in [0, 0.05) is 19.3 Å². The van der Waals surface area contributed by atoms with Crippen LogP contribution in [0.4, 0.5) is 4.79 Å². The van der Waals surface area contributed by atoms with Crippen LogP contribution in [0.1, 0.15) is 38.3 Å². The van der Waals surface area contributed by atoms with Crippen LogP contribution in [-0.4, -0.2) is 34.7 Å². The van der Waals surface area contributed by atoms with Gasteiger partial charge in [0.25, 0.3) is 0 Å². The van der Waals surface area contributed by atoms with E-state index in [2.05, 4.69) is 17.1 Å². The molecule has 0 saturated carbocycles. The molecule has 0 N–H and O–H groups in total. The van der Waals surface area contributed by atoms with E-state index in [-0.39, 0.29) is 6.09 Å². The first kappa shape index (κ1) is 16.3. The first-order valence-corrected chi connectivity index (χ1v) is 8.42. The largest absolute Gasteiger partial charge is 0.444 e. The number of amides is 1. The van der Waals surface area contributed by atoms with Crippen LogP contribution in [0.15, 0.2) is 18.3 Å². The molecule has 5 heteroatoms. The summed E-state index contributed by atoms with van der Waals surface area (Å²) in [5.74, 6) is 0.891. The lowest BCUT2D eigenvalue weighted by Crippen LogP contribution is -2.35. The summed E-state index contributed by atoms with van der Waals surface area (Å²) in [7, 11) is 0. The Balaban J connectivity index is 1.68. The van der Waals surface area contributed by atoms with E-state index in [1.165, 1.54) is 5.57 Å². The molecule has 2 heterocycles. The van der Waals surface area contributed by atoms with E-state index in [1.807, 2.05) is 38.8 Å². The van der Waals surface area contributed by atoms with E-state index < -0.39 is 5.60 Å². The molecule has 1 saturated heterocycles. The SMILES string of the molecule is Cc1cc(C2=C[C@@H]3CN(C(=O)OC(C)(C)C)C[C@@H]3C2)cnc1Cl. The molecule has 124 valence electrons. The van der Waals surface area contributed by atoms with E-state index in [0.717, 1.165) is 30.6 Å². The highest BCUT2D eigenvalue weighted by atomic mass is 35.5. The Morgan fingerprint density at radius 1 is 1.39 bits per heavy atom. The molecule has 1 aromatic rings. The van der Waals surface area contributed by atoms with Crippen LogP contribution < -0.4 is 0 Å². The number of halogens is 1. The highest BCUT2D eigenvalue weighted by Gasteiger charge is 2.39. The Morgan fingerprint density at radius 2 is 2.13 bits per heavy atom. The van der Waals surface area contributed by atoms with E-state index >= 15 is 0 Å². The second-order valence-electron chi connectivity index (χ2n) is 7.54. The number of allylic oxidation sites excluding steroid dienone is 1. The Kier molecular flexibility index (Phi) is 4.13. The van der Waals surface area contributed by atoms with Crippen LogP contribution >= 0.6 is 11.6 Å². The molecule has 0 aromatic carbocycles. The number of hydrogen-bond acceptors (Lipinski definition) is 3. The zero-order chi connectivity index (χ0) is 16.8. The molecule has 3 rings (SSSR count). The fourth-order valence-electron chi connectivity index (χ4n) is 3.33. The topological polar surface area (TPSA) is 42.4 Å². The molecule has 0 bridgehead atoms. The van der Waals surface area contributed by atoms with Gasteiger partial charge in [-0.15, -0.1) is 0 Å². The summed E-state index contributed by atoms with van der Waals surface area (Å²) >= 11 is 6.00. The number of pyridine rings is 1. The molecule has 1 amide bonds. The average molecular weight is 335 g/mol. The Bertz CT molecular complexity index is 663. The van der Waals surface area contributed by atoms with Gasteiger partial charge in [0.1, 0.15) is 10.8 Å². The summed E-state index contributed by atoms with van der Waals surface area (Å²) < 4.78 is 5.47. The number of hydrogen-bond donors (Lipinski definition) is 0. The minimum absolute atomic E-state index is 0.203.